The number of rotatable bonds is 7. The molecule has 0 saturated carbocycles. The minimum absolute atomic E-state index is 0.0857. The molecule has 0 aliphatic carbocycles. The van der Waals surface area contributed by atoms with Crippen LogP contribution in [0.15, 0.2) is 54.6 Å². The van der Waals surface area contributed by atoms with Crippen molar-refractivity contribution in [3.8, 4) is 33.8 Å². The first-order chi connectivity index (χ1) is 13.9. The van der Waals surface area contributed by atoms with Crippen LogP contribution in [-0.4, -0.2) is 25.3 Å². The molecule has 0 atom stereocenters. The Hall–Kier alpha value is -3.27. The van der Waals surface area contributed by atoms with Gasteiger partial charge in [0.05, 0.1) is 14.2 Å². The average Bonchev–Trinajstić information content (AvgIpc) is 2.72. The van der Waals surface area contributed by atoms with Gasteiger partial charge in [0, 0.05) is 6.42 Å². The van der Waals surface area contributed by atoms with Crippen LogP contribution in [0.1, 0.15) is 23.1 Å². The molecule has 150 valence electrons. The number of carbonyl (C=O) groups is 1. The third-order valence-electron chi connectivity index (χ3n) is 5.17. The largest absolute Gasteiger partial charge is 0.497 e. The molecular formula is C25H26O4. The van der Waals surface area contributed by atoms with E-state index in [0.717, 1.165) is 50.4 Å². The van der Waals surface area contributed by atoms with Crippen molar-refractivity contribution in [1.82, 2.24) is 0 Å². The molecule has 0 radical (unpaired) electrons. The summed E-state index contributed by atoms with van der Waals surface area (Å²) in [6, 6.07) is 18.4. The minimum Gasteiger partial charge on any atom is -0.497 e. The Morgan fingerprint density at radius 3 is 2.07 bits per heavy atom. The van der Waals surface area contributed by atoms with Gasteiger partial charge in [0.1, 0.15) is 11.5 Å². The molecule has 3 aromatic rings. The molecule has 3 rings (SSSR count). The van der Waals surface area contributed by atoms with E-state index >= 15 is 0 Å². The van der Waals surface area contributed by atoms with Crippen molar-refractivity contribution in [1.29, 1.82) is 0 Å². The van der Waals surface area contributed by atoms with Gasteiger partial charge in [-0.3, -0.25) is 4.79 Å². The highest BCUT2D eigenvalue weighted by Crippen LogP contribution is 2.34. The molecule has 0 aromatic heterocycles. The summed E-state index contributed by atoms with van der Waals surface area (Å²) in [7, 11) is 3.30. The zero-order chi connectivity index (χ0) is 21.0. The fourth-order valence-corrected chi connectivity index (χ4v) is 3.61. The number of methoxy groups -OCH3 is 2. The highest BCUT2D eigenvalue weighted by molar-refractivity contribution is 5.77. The molecule has 0 bridgehead atoms. The van der Waals surface area contributed by atoms with Crippen molar-refractivity contribution in [3.05, 3.63) is 71.3 Å². The number of carboxylic acids is 1. The van der Waals surface area contributed by atoms with Crippen LogP contribution in [-0.2, 0) is 11.2 Å². The second-order valence-corrected chi connectivity index (χ2v) is 7.13. The zero-order valence-electron chi connectivity index (χ0n) is 17.3. The first kappa shape index (κ1) is 20.5. The van der Waals surface area contributed by atoms with Crippen LogP contribution in [0.25, 0.3) is 22.3 Å². The monoisotopic (exact) mass is 390 g/mol. The lowest BCUT2D eigenvalue weighted by Crippen LogP contribution is -2.00. The zero-order valence-corrected chi connectivity index (χ0v) is 17.3. The molecule has 3 aromatic carbocycles. The maximum atomic E-state index is 11.1. The summed E-state index contributed by atoms with van der Waals surface area (Å²) in [6.45, 7) is 4.12. The van der Waals surface area contributed by atoms with Gasteiger partial charge < -0.3 is 14.6 Å². The van der Waals surface area contributed by atoms with Gasteiger partial charge in [-0.25, -0.2) is 0 Å². The fourth-order valence-electron chi connectivity index (χ4n) is 3.61. The van der Waals surface area contributed by atoms with E-state index in [2.05, 4.69) is 37.3 Å². The molecule has 4 heteroatoms. The van der Waals surface area contributed by atoms with E-state index in [0.29, 0.717) is 6.42 Å². The number of aliphatic carboxylic acids is 1. The Kier molecular flexibility index (Phi) is 6.23. The molecule has 1 N–H and O–H groups in total. The number of ether oxygens (including phenoxy) is 2. The van der Waals surface area contributed by atoms with Crippen molar-refractivity contribution in [2.24, 2.45) is 0 Å². The molecule has 29 heavy (non-hydrogen) atoms. The summed E-state index contributed by atoms with van der Waals surface area (Å²) in [6.07, 6.45) is 0.545. The van der Waals surface area contributed by atoms with Crippen LogP contribution in [0, 0.1) is 13.8 Å². The maximum Gasteiger partial charge on any atom is 0.303 e. The Morgan fingerprint density at radius 2 is 1.48 bits per heavy atom. The fraction of sp³-hybridized carbons (Fsp3) is 0.240. The first-order valence-electron chi connectivity index (χ1n) is 9.57. The Bertz CT molecular complexity index is 1040. The summed E-state index contributed by atoms with van der Waals surface area (Å²) in [4.78, 5) is 11.1. The summed E-state index contributed by atoms with van der Waals surface area (Å²) in [5, 5.41) is 9.10. The van der Waals surface area contributed by atoms with Crippen LogP contribution < -0.4 is 9.47 Å². The van der Waals surface area contributed by atoms with Crippen LogP contribution >= 0.6 is 0 Å². The molecule has 0 unspecified atom stereocenters. The molecule has 0 saturated heterocycles. The number of hydrogen-bond donors (Lipinski definition) is 1. The molecule has 0 spiro atoms. The summed E-state index contributed by atoms with van der Waals surface area (Å²) >= 11 is 0. The van der Waals surface area contributed by atoms with Gasteiger partial charge in [0.2, 0.25) is 0 Å². The summed E-state index contributed by atoms with van der Waals surface area (Å²) in [5.41, 5.74) is 7.62. The number of benzene rings is 3. The second-order valence-electron chi connectivity index (χ2n) is 7.13. The van der Waals surface area contributed by atoms with Gasteiger partial charge in [0.15, 0.2) is 0 Å². The molecule has 4 nitrogen and oxygen atoms in total. The first-order valence-corrected chi connectivity index (χ1v) is 9.57. The van der Waals surface area contributed by atoms with E-state index in [4.69, 9.17) is 14.6 Å². The highest BCUT2D eigenvalue weighted by Gasteiger charge is 2.12. The van der Waals surface area contributed by atoms with E-state index in [1.54, 1.807) is 14.2 Å². The molecule has 0 heterocycles. The molecule has 0 fully saturated rings. The Morgan fingerprint density at radius 1 is 0.828 bits per heavy atom. The van der Waals surface area contributed by atoms with Crippen molar-refractivity contribution in [2.75, 3.05) is 14.2 Å². The number of hydrogen-bond acceptors (Lipinski definition) is 3. The third kappa shape index (κ3) is 4.60. The maximum absolute atomic E-state index is 11.1. The van der Waals surface area contributed by atoms with Gasteiger partial charge in [-0.2, -0.15) is 0 Å². The van der Waals surface area contributed by atoms with Gasteiger partial charge in [-0.15, -0.1) is 0 Å². The van der Waals surface area contributed by atoms with Crippen LogP contribution in [0.3, 0.4) is 0 Å². The van der Waals surface area contributed by atoms with E-state index in [9.17, 15) is 4.79 Å². The van der Waals surface area contributed by atoms with Crippen molar-refractivity contribution < 1.29 is 19.4 Å². The topological polar surface area (TPSA) is 55.8 Å². The van der Waals surface area contributed by atoms with E-state index in [1.807, 2.05) is 31.2 Å². The standard InChI is InChI=1S/C25H26O4/c1-16-13-18(19-6-11-24(29-4)17(2)14-19)5-9-22(16)23-10-8-21(28-3)15-20(23)7-12-25(26)27/h5-6,8-11,13-15H,7,12H2,1-4H3,(H,26,27). The van der Waals surface area contributed by atoms with E-state index in [-0.39, 0.29) is 6.42 Å². The van der Waals surface area contributed by atoms with Crippen molar-refractivity contribution in [3.63, 3.8) is 0 Å². The van der Waals surface area contributed by atoms with Gasteiger partial charge in [0.25, 0.3) is 0 Å². The lowest BCUT2D eigenvalue weighted by atomic mass is 9.91. The SMILES string of the molecule is COc1ccc(-c2ccc(-c3ccc(OC)c(C)c3)cc2C)c(CCC(=O)O)c1. The lowest BCUT2D eigenvalue weighted by Gasteiger charge is -2.15. The average molecular weight is 390 g/mol. The molecule has 0 aliphatic rings. The van der Waals surface area contributed by atoms with Gasteiger partial charge in [-0.1, -0.05) is 30.3 Å². The molecule has 0 amide bonds. The minimum atomic E-state index is -0.805. The van der Waals surface area contributed by atoms with Crippen LogP contribution in [0.2, 0.25) is 0 Å². The van der Waals surface area contributed by atoms with Gasteiger partial charge >= 0.3 is 5.97 Å². The number of carboxylic acid groups (broad SMARTS) is 1. The highest BCUT2D eigenvalue weighted by atomic mass is 16.5. The molecule has 0 aliphatic heterocycles. The van der Waals surface area contributed by atoms with Crippen LogP contribution in [0.4, 0.5) is 0 Å². The lowest BCUT2D eigenvalue weighted by molar-refractivity contribution is -0.136. The summed E-state index contributed by atoms with van der Waals surface area (Å²) in [5.74, 6) is 0.807. The third-order valence-corrected chi connectivity index (χ3v) is 5.17. The quantitative estimate of drug-likeness (QED) is 0.564. The molecular weight excluding hydrogens is 364 g/mol. The Balaban J connectivity index is 2.00. The van der Waals surface area contributed by atoms with E-state index < -0.39 is 5.97 Å². The Labute approximate surface area is 171 Å². The number of aryl methyl sites for hydroxylation is 3. The predicted octanol–water partition coefficient (Wildman–Crippen LogP) is 5.67. The van der Waals surface area contributed by atoms with Crippen molar-refractivity contribution >= 4 is 5.97 Å². The predicted molar refractivity (Wildman–Crippen MR) is 116 cm³/mol. The normalized spacial score (nSPS) is 10.6. The second kappa shape index (κ2) is 8.82. The van der Waals surface area contributed by atoms with Crippen LogP contribution in [0.5, 0.6) is 11.5 Å². The van der Waals surface area contributed by atoms with Gasteiger partial charge in [-0.05, 0) is 83.5 Å². The van der Waals surface area contributed by atoms with Crippen molar-refractivity contribution in [2.45, 2.75) is 26.7 Å². The smallest absolute Gasteiger partial charge is 0.303 e. The van der Waals surface area contributed by atoms with E-state index in [1.165, 1.54) is 0 Å². The summed E-state index contributed by atoms with van der Waals surface area (Å²) < 4.78 is 10.7.